The minimum Gasteiger partial charge on any atom is -0.392 e. The molecule has 0 saturated carbocycles. The van der Waals surface area contributed by atoms with Crippen LogP contribution in [-0.2, 0) is 6.54 Å². The molecule has 0 aliphatic carbocycles. The zero-order chi connectivity index (χ0) is 10.6. The second-order valence-electron chi connectivity index (χ2n) is 3.63. The van der Waals surface area contributed by atoms with Crippen LogP contribution < -0.4 is 5.32 Å². The summed E-state index contributed by atoms with van der Waals surface area (Å²) in [6.45, 7) is 7.82. The lowest BCUT2D eigenvalue weighted by Gasteiger charge is -2.08. The minimum atomic E-state index is -0.213. The molecule has 1 heterocycles. The summed E-state index contributed by atoms with van der Waals surface area (Å²) in [6.07, 6.45) is 0.601. The third-order valence-electron chi connectivity index (χ3n) is 2.31. The third-order valence-corrected chi connectivity index (χ3v) is 3.32. The molecule has 14 heavy (non-hydrogen) atoms. The van der Waals surface area contributed by atoms with Gasteiger partial charge >= 0.3 is 0 Å². The number of hydrogen-bond acceptors (Lipinski definition) is 3. The van der Waals surface area contributed by atoms with Gasteiger partial charge in [-0.05, 0) is 31.9 Å². The lowest BCUT2D eigenvalue weighted by Crippen LogP contribution is -2.25. The maximum atomic E-state index is 9.35. The maximum Gasteiger partial charge on any atom is 0.0662 e. The zero-order valence-corrected chi connectivity index (χ0v) is 9.95. The number of aliphatic hydroxyl groups excluding tert-OH is 1. The van der Waals surface area contributed by atoms with E-state index in [2.05, 4.69) is 25.2 Å². The van der Waals surface area contributed by atoms with Crippen LogP contribution in [0.2, 0.25) is 0 Å². The van der Waals surface area contributed by atoms with Crippen LogP contribution in [0, 0.1) is 13.8 Å². The Bertz CT molecular complexity index is 283. The molecule has 80 valence electrons. The van der Waals surface area contributed by atoms with Crippen molar-refractivity contribution < 1.29 is 5.11 Å². The van der Waals surface area contributed by atoms with Gasteiger partial charge in [-0.2, -0.15) is 0 Å². The van der Waals surface area contributed by atoms with Crippen molar-refractivity contribution in [2.24, 2.45) is 0 Å². The zero-order valence-electron chi connectivity index (χ0n) is 9.13. The molecule has 1 rings (SSSR count). The first kappa shape index (κ1) is 11.7. The SMILES string of the molecule is CCC(O)CNCc1cc(C)sc1C. The fourth-order valence-electron chi connectivity index (χ4n) is 1.38. The van der Waals surface area contributed by atoms with Gasteiger partial charge in [-0.25, -0.2) is 0 Å². The number of rotatable bonds is 5. The van der Waals surface area contributed by atoms with Gasteiger partial charge in [0.1, 0.15) is 0 Å². The highest BCUT2D eigenvalue weighted by Crippen LogP contribution is 2.20. The summed E-state index contributed by atoms with van der Waals surface area (Å²) >= 11 is 1.83. The number of thiophene rings is 1. The Morgan fingerprint density at radius 3 is 2.71 bits per heavy atom. The predicted molar refractivity (Wildman–Crippen MR) is 61.8 cm³/mol. The van der Waals surface area contributed by atoms with Crippen LogP contribution in [0.1, 0.15) is 28.7 Å². The molecule has 1 aromatic rings. The van der Waals surface area contributed by atoms with Crippen LogP contribution in [0.4, 0.5) is 0 Å². The van der Waals surface area contributed by atoms with Crippen LogP contribution in [0.5, 0.6) is 0 Å². The molecule has 0 aromatic carbocycles. The van der Waals surface area contributed by atoms with Gasteiger partial charge in [0.25, 0.3) is 0 Å². The molecular formula is C11H19NOS. The van der Waals surface area contributed by atoms with E-state index < -0.39 is 0 Å². The van der Waals surface area contributed by atoms with E-state index in [1.165, 1.54) is 15.3 Å². The minimum absolute atomic E-state index is 0.213. The van der Waals surface area contributed by atoms with E-state index >= 15 is 0 Å². The molecule has 0 radical (unpaired) electrons. The Balaban J connectivity index is 2.34. The Morgan fingerprint density at radius 2 is 2.21 bits per heavy atom. The Hall–Kier alpha value is -0.380. The molecule has 1 unspecified atom stereocenters. The van der Waals surface area contributed by atoms with Crippen molar-refractivity contribution in [1.82, 2.24) is 5.32 Å². The Morgan fingerprint density at radius 1 is 1.50 bits per heavy atom. The molecule has 2 nitrogen and oxygen atoms in total. The molecule has 3 heteroatoms. The highest BCUT2D eigenvalue weighted by atomic mass is 32.1. The molecule has 0 fully saturated rings. The second-order valence-corrected chi connectivity index (χ2v) is 5.09. The first-order valence-electron chi connectivity index (χ1n) is 5.08. The topological polar surface area (TPSA) is 32.3 Å². The van der Waals surface area contributed by atoms with Gasteiger partial charge in [0.05, 0.1) is 6.10 Å². The van der Waals surface area contributed by atoms with Crippen LogP contribution in [0.25, 0.3) is 0 Å². The van der Waals surface area contributed by atoms with E-state index in [1.807, 2.05) is 18.3 Å². The molecule has 0 saturated heterocycles. The molecule has 1 atom stereocenters. The lowest BCUT2D eigenvalue weighted by molar-refractivity contribution is 0.167. The van der Waals surface area contributed by atoms with Gasteiger partial charge in [-0.15, -0.1) is 11.3 Å². The van der Waals surface area contributed by atoms with E-state index in [0.29, 0.717) is 6.54 Å². The summed E-state index contributed by atoms with van der Waals surface area (Å²) in [4.78, 5) is 2.73. The Labute approximate surface area is 90.0 Å². The van der Waals surface area contributed by atoms with Crippen LogP contribution in [0.3, 0.4) is 0 Å². The maximum absolute atomic E-state index is 9.35. The third kappa shape index (κ3) is 3.40. The Kier molecular flexibility index (Phi) is 4.58. The lowest BCUT2D eigenvalue weighted by atomic mass is 10.2. The van der Waals surface area contributed by atoms with Gasteiger partial charge < -0.3 is 10.4 Å². The average molecular weight is 213 g/mol. The normalized spacial score (nSPS) is 13.1. The first-order valence-corrected chi connectivity index (χ1v) is 5.89. The van der Waals surface area contributed by atoms with Crippen LogP contribution in [-0.4, -0.2) is 17.8 Å². The molecule has 0 aliphatic rings. The van der Waals surface area contributed by atoms with E-state index in [4.69, 9.17) is 0 Å². The summed E-state index contributed by atoms with van der Waals surface area (Å²) in [6, 6.07) is 2.21. The van der Waals surface area contributed by atoms with Gasteiger partial charge in [0, 0.05) is 22.8 Å². The highest BCUT2D eigenvalue weighted by molar-refractivity contribution is 7.12. The summed E-state index contributed by atoms with van der Waals surface area (Å²) in [5.74, 6) is 0. The summed E-state index contributed by atoms with van der Waals surface area (Å²) in [7, 11) is 0. The van der Waals surface area contributed by atoms with Crippen molar-refractivity contribution in [3.63, 3.8) is 0 Å². The standard InChI is InChI=1S/C11H19NOS/c1-4-11(13)7-12-6-10-5-8(2)14-9(10)3/h5,11-13H,4,6-7H2,1-3H3. The van der Waals surface area contributed by atoms with E-state index in [9.17, 15) is 5.11 Å². The predicted octanol–water partition coefficient (Wildman–Crippen LogP) is 2.23. The first-order chi connectivity index (χ1) is 6.63. The van der Waals surface area contributed by atoms with E-state index in [0.717, 1.165) is 13.0 Å². The molecule has 0 spiro atoms. The fraction of sp³-hybridized carbons (Fsp3) is 0.636. The van der Waals surface area contributed by atoms with E-state index in [1.54, 1.807) is 0 Å². The van der Waals surface area contributed by atoms with Crippen molar-refractivity contribution in [2.75, 3.05) is 6.54 Å². The molecule has 0 bridgehead atoms. The van der Waals surface area contributed by atoms with Crippen LogP contribution in [0.15, 0.2) is 6.07 Å². The summed E-state index contributed by atoms with van der Waals surface area (Å²) < 4.78 is 0. The van der Waals surface area contributed by atoms with E-state index in [-0.39, 0.29) is 6.10 Å². The molecule has 1 aromatic heterocycles. The smallest absolute Gasteiger partial charge is 0.0662 e. The molecular weight excluding hydrogens is 194 g/mol. The molecule has 2 N–H and O–H groups in total. The second kappa shape index (κ2) is 5.49. The average Bonchev–Trinajstić information content (AvgIpc) is 2.45. The summed E-state index contributed by atoms with van der Waals surface area (Å²) in [5.41, 5.74) is 1.36. The number of nitrogens with one attached hydrogen (secondary N) is 1. The van der Waals surface area contributed by atoms with Crippen molar-refractivity contribution in [1.29, 1.82) is 0 Å². The molecule has 0 aliphatic heterocycles. The molecule has 0 amide bonds. The van der Waals surface area contributed by atoms with Gasteiger partial charge in [0.2, 0.25) is 0 Å². The van der Waals surface area contributed by atoms with Crippen molar-refractivity contribution in [3.8, 4) is 0 Å². The quantitative estimate of drug-likeness (QED) is 0.786. The van der Waals surface area contributed by atoms with Crippen LogP contribution >= 0.6 is 11.3 Å². The number of hydrogen-bond donors (Lipinski definition) is 2. The van der Waals surface area contributed by atoms with Gasteiger partial charge in [-0.1, -0.05) is 6.92 Å². The highest BCUT2D eigenvalue weighted by Gasteiger charge is 2.03. The fourth-order valence-corrected chi connectivity index (χ4v) is 2.32. The van der Waals surface area contributed by atoms with Crippen molar-refractivity contribution in [2.45, 2.75) is 39.8 Å². The van der Waals surface area contributed by atoms with Gasteiger partial charge in [-0.3, -0.25) is 0 Å². The van der Waals surface area contributed by atoms with Gasteiger partial charge in [0.15, 0.2) is 0 Å². The van der Waals surface area contributed by atoms with Crippen molar-refractivity contribution in [3.05, 3.63) is 21.4 Å². The largest absolute Gasteiger partial charge is 0.392 e. The monoisotopic (exact) mass is 213 g/mol. The summed E-state index contributed by atoms with van der Waals surface area (Å²) in [5, 5.41) is 12.6. The number of aryl methyl sites for hydroxylation is 2. The number of aliphatic hydroxyl groups is 1. The van der Waals surface area contributed by atoms with Crippen molar-refractivity contribution >= 4 is 11.3 Å².